The number of fused-ring (bicyclic) bond motifs is 2. The first-order chi connectivity index (χ1) is 13.1. The lowest BCUT2D eigenvalue weighted by Gasteiger charge is -2.45. The van der Waals surface area contributed by atoms with Gasteiger partial charge in [0, 0.05) is 50.4 Å². The van der Waals surface area contributed by atoms with Gasteiger partial charge in [-0.2, -0.15) is 0 Å². The van der Waals surface area contributed by atoms with E-state index in [0.29, 0.717) is 23.9 Å². The number of nitrogens with zero attached hydrogens (tertiary/aromatic N) is 2. The molecular formula is C22H36Cl2N4O. The van der Waals surface area contributed by atoms with Crippen molar-refractivity contribution in [3.8, 4) is 0 Å². The van der Waals surface area contributed by atoms with Crippen LogP contribution in [0.2, 0.25) is 0 Å². The van der Waals surface area contributed by atoms with E-state index in [9.17, 15) is 4.79 Å². The Balaban J connectivity index is 0.00000150. The van der Waals surface area contributed by atoms with Crippen molar-refractivity contribution >= 4 is 30.7 Å². The molecule has 2 unspecified atom stereocenters. The number of benzene rings is 1. The first-order valence-corrected chi connectivity index (χ1v) is 10.6. The number of piperazine rings is 1. The summed E-state index contributed by atoms with van der Waals surface area (Å²) in [5, 5.41) is 3.38. The molecule has 7 heteroatoms. The maximum Gasteiger partial charge on any atom is 0.251 e. The molecular weight excluding hydrogens is 407 g/mol. The number of likely N-dealkylation sites (N-methyl/N-ethyl adjacent to an activating group) is 1. The molecule has 1 amide bonds. The summed E-state index contributed by atoms with van der Waals surface area (Å²) in [5.74, 6) is 1.21. The molecule has 3 fully saturated rings. The Morgan fingerprint density at radius 2 is 1.76 bits per heavy atom. The Kier molecular flexibility index (Phi) is 9.23. The summed E-state index contributed by atoms with van der Waals surface area (Å²) >= 11 is 0. The van der Waals surface area contributed by atoms with E-state index in [1.165, 1.54) is 24.8 Å². The lowest BCUT2D eigenvalue weighted by atomic mass is 9.67. The van der Waals surface area contributed by atoms with Crippen molar-refractivity contribution in [1.82, 2.24) is 15.1 Å². The SMILES string of the molecule is CN1CCN(Cc2cccc(C(=O)NC3C4CCCC3CC(N)C4)c2)CC1.Cl.Cl. The molecule has 0 radical (unpaired) electrons. The second-order valence-electron chi connectivity index (χ2n) is 8.96. The van der Waals surface area contributed by atoms with Crippen molar-refractivity contribution in [2.45, 2.75) is 50.7 Å². The molecule has 2 bridgehead atoms. The van der Waals surface area contributed by atoms with Crippen molar-refractivity contribution in [3.63, 3.8) is 0 Å². The van der Waals surface area contributed by atoms with Crippen molar-refractivity contribution in [2.24, 2.45) is 17.6 Å². The van der Waals surface area contributed by atoms with Crippen LogP contribution in [0, 0.1) is 11.8 Å². The van der Waals surface area contributed by atoms with Gasteiger partial charge in [-0.25, -0.2) is 0 Å². The smallest absolute Gasteiger partial charge is 0.251 e. The summed E-state index contributed by atoms with van der Waals surface area (Å²) in [6.07, 6.45) is 5.82. The summed E-state index contributed by atoms with van der Waals surface area (Å²) < 4.78 is 0. The van der Waals surface area contributed by atoms with Gasteiger partial charge in [-0.3, -0.25) is 9.69 Å². The zero-order valence-corrected chi connectivity index (χ0v) is 19.0. The molecule has 2 aliphatic carbocycles. The molecule has 1 aliphatic heterocycles. The zero-order chi connectivity index (χ0) is 18.8. The lowest BCUT2D eigenvalue weighted by molar-refractivity contribution is 0.0756. The molecule has 1 aromatic rings. The molecule has 1 aromatic carbocycles. The number of nitrogens with two attached hydrogens (primary N) is 1. The third-order valence-corrected chi connectivity index (χ3v) is 6.87. The molecule has 4 rings (SSSR count). The minimum absolute atomic E-state index is 0. The summed E-state index contributed by atoms with van der Waals surface area (Å²) in [4.78, 5) is 17.8. The fourth-order valence-electron chi connectivity index (χ4n) is 5.33. The minimum Gasteiger partial charge on any atom is -0.349 e. The number of hydrogen-bond acceptors (Lipinski definition) is 4. The van der Waals surface area contributed by atoms with E-state index < -0.39 is 0 Å². The average molecular weight is 443 g/mol. The van der Waals surface area contributed by atoms with Crippen molar-refractivity contribution in [1.29, 1.82) is 0 Å². The van der Waals surface area contributed by atoms with Crippen molar-refractivity contribution < 1.29 is 4.79 Å². The molecule has 2 atom stereocenters. The van der Waals surface area contributed by atoms with Gasteiger partial charge in [0.2, 0.25) is 0 Å². The highest BCUT2D eigenvalue weighted by molar-refractivity contribution is 5.94. The monoisotopic (exact) mass is 442 g/mol. The Morgan fingerprint density at radius 1 is 1.10 bits per heavy atom. The second kappa shape index (κ2) is 11.0. The van der Waals surface area contributed by atoms with E-state index in [1.807, 2.05) is 12.1 Å². The van der Waals surface area contributed by atoms with E-state index >= 15 is 0 Å². The lowest BCUT2D eigenvalue weighted by Crippen LogP contribution is -2.53. The minimum atomic E-state index is 0. The van der Waals surface area contributed by atoms with Gasteiger partial charge >= 0.3 is 0 Å². The van der Waals surface area contributed by atoms with Gasteiger partial charge in [0.1, 0.15) is 0 Å². The van der Waals surface area contributed by atoms with E-state index in [1.54, 1.807) is 0 Å². The van der Waals surface area contributed by atoms with Gasteiger partial charge in [-0.15, -0.1) is 24.8 Å². The molecule has 1 heterocycles. The van der Waals surface area contributed by atoms with E-state index in [4.69, 9.17) is 5.73 Å². The van der Waals surface area contributed by atoms with Crippen molar-refractivity contribution in [2.75, 3.05) is 33.2 Å². The first kappa shape index (κ1) is 24.4. The number of nitrogens with one attached hydrogen (secondary N) is 1. The summed E-state index contributed by atoms with van der Waals surface area (Å²) in [7, 11) is 2.18. The van der Waals surface area contributed by atoms with Gasteiger partial charge in [0.05, 0.1) is 0 Å². The Morgan fingerprint density at radius 3 is 2.41 bits per heavy atom. The molecule has 5 nitrogen and oxygen atoms in total. The molecule has 29 heavy (non-hydrogen) atoms. The average Bonchev–Trinajstić information content (AvgIpc) is 2.64. The molecule has 164 valence electrons. The number of carbonyl (C=O) groups excluding carboxylic acids is 1. The molecule has 2 saturated carbocycles. The Hall–Kier alpha value is -0.850. The van der Waals surface area contributed by atoms with Crippen LogP contribution in [-0.4, -0.2) is 61.0 Å². The predicted octanol–water partition coefficient (Wildman–Crippen LogP) is 2.91. The number of halogens is 2. The number of amides is 1. The normalized spacial score (nSPS) is 30.0. The van der Waals surface area contributed by atoms with Crippen LogP contribution in [0.15, 0.2) is 24.3 Å². The zero-order valence-electron chi connectivity index (χ0n) is 17.4. The van der Waals surface area contributed by atoms with Crippen LogP contribution in [0.25, 0.3) is 0 Å². The molecule has 1 saturated heterocycles. The first-order valence-electron chi connectivity index (χ1n) is 10.6. The van der Waals surface area contributed by atoms with Crippen LogP contribution in [-0.2, 0) is 6.54 Å². The third-order valence-electron chi connectivity index (χ3n) is 6.87. The van der Waals surface area contributed by atoms with E-state index in [-0.39, 0.29) is 30.7 Å². The van der Waals surface area contributed by atoms with Crippen molar-refractivity contribution in [3.05, 3.63) is 35.4 Å². The fourth-order valence-corrected chi connectivity index (χ4v) is 5.33. The van der Waals surface area contributed by atoms with Crippen LogP contribution < -0.4 is 11.1 Å². The highest BCUT2D eigenvalue weighted by Gasteiger charge is 2.39. The quantitative estimate of drug-likeness (QED) is 0.752. The van der Waals surface area contributed by atoms with E-state index in [0.717, 1.165) is 51.1 Å². The Bertz CT molecular complexity index is 652. The maximum atomic E-state index is 13.0. The standard InChI is InChI=1S/C22H34N4O.2ClH/c1-25-8-10-26(11-9-25)15-16-4-2-7-19(12-16)22(27)24-21-17-5-3-6-18(21)14-20(23)13-17;;/h2,4,7,12,17-18,20-21H,3,5-6,8-11,13-15,23H2,1H3,(H,24,27);2*1H. The summed E-state index contributed by atoms with van der Waals surface area (Å²) in [6, 6.07) is 8.83. The maximum absolute atomic E-state index is 13.0. The highest BCUT2D eigenvalue weighted by atomic mass is 35.5. The molecule has 3 aliphatic rings. The van der Waals surface area contributed by atoms with Gasteiger partial charge < -0.3 is 16.0 Å². The van der Waals surface area contributed by atoms with Gasteiger partial charge in [0.15, 0.2) is 0 Å². The van der Waals surface area contributed by atoms with Gasteiger partial charge in [-0.05, 0) is 62.3 Å². The van der Waals surface area contributed by atoms with Gasteiger partial charge in [0.25, 0.3) is 5.91 Å². The topological polar surface area (TPSA) is 61.6 Å². The number of carbonyl (C=O) groups is 1. The highest BCUT2D eigenvalue weighted by Crippen LogP contribution is 2.39. The van der Waals surface area contributed by atoms with Crippen LogP contribution in [0.4, 0.5) is 0 Å². The molecule has 3 N–H and O–H groups in total. The van der Waals surface area contributed by atoms with Crippen LogP contribution in [0.3, 0.4) is 0 Å². The number of hydrogen-bond donors (Lipinski definition) is 2. The second-order valence-corrected chi connectivity index (χ2v) is 8.96. The van der Waals surface area contributed by atoms with E-state index in [2.05, 4.69) is 34.3 Å². The summed E-state index contributed by atoms with van der Waals surface area (Å²) in [5.41, 5.74) is 8.26. The van der Waals surface area contributed by atoms with Crippen LogP contribution in [0.1, 0.15) is 48.0 Å². The Labute approximate surface area is 187 Å². The summed E-state index contributed by atoms with van der Waals surface area (Å²) in [6.45, 7) is 5.36. The van der Waals surface area contributed by atoms with Crippen LogP contribution in [0.5, 0.6) is 0 Å². The fraction of sp³-hybridized carbons (Fsp3) is 0.682. The molecule has 0 spiro atoms. The van der Waals surface area contributed by atoms with Crippen LogP contribution >= 0.6 is 24.8 Å². The predicted molar refractivity (Wildman–Crippen MR) is 123 cm³/mol. The third kappa shape index (κ3) is 6.08. The largest absolute Gasteiger partial charge is 0.349 e. The molecule has 0 aromatic heterocycles. The van der Waals surface area contributed by atoms with Gasteiger partial charge in [-0.1, -0.05) is 18.6 Å². The number of rotatable bonds is 4.